The van der Waals surface area contributed by atoms with E-state index in [4.69, 9.17) is 5.11 Å². The molecule has 17 heavy (non-hydrogen) atoms. The van der Waals surface area contributed by atoms with Gasteiger partial charge in [-0.05, 0) is 19.3 Å². The molecule has 5 heteroatoms. The number of hydrogen-bond donors (Lipinski definition) is 2. The highest BCUT2D eigenvalue weighted by Crippen LogP contribution is 2.28. The lowest BCUT2D eigenvalue weighted by Crippen LogP contribution is -2.06. The molecule has 2 N–H and O–H groups in total. The summed E-state index contributed by atoms with van der Waals surface area (Å²) >= 11 is 1.23. The summed E-state index contributed by atoms with van der Waals surface area (Å²) in [6.07, 6.45) is 6.59. The van der Waals surface area contributed by atoms with E-state index >= 15 is 0 Å². The van der Waals surface area contributed by atoms with Gasteiger partial charge in [0.05, 0.1) is 5.69 Å². The normalized spacial score (nSPS) is 16.3. The average Bonchev–Trinajstić information content (AvgIpc) is 2.88. The molecular weight excluding hydrogens is 236 g/mol. The Kier molecular flexibility index (Phi) is 3.99. The van der Waals surface area contributed by atoms with E-state index in [1.807, 2.05) is 0 Å². The van der Waals surface area contributed by atoms with Crippen LogP contribution >= 0.6 is 11.3 Å². The summed E-state index contributed by atoms with van der Waals surface area (Å²) in [5, 5.41) is 12.9. The molecule has 0 atom stereocenters. The highest BCUT2D eigenvalue weighted by molar-refractivity contribution is 7.17. The van der Waals surface area contributed by atoms with Gasteiger partial charge in [-0.3, -0.25) is 0 Å². The third kappa shape index (κ3) is 3.19. The van der Waals surface area contributed by atoms with E-state index in [-0.39, 0.29) is 0 Å². The Hall–Kier alpha value is -1.10. The van der Waals surface area contributed by atoms with Gasteiger partial charge >= 0.3 is 5.97 Å². The maximum absolute atomic E-state index is 10.9. The molecule has 1 aliphatic rings. The van der Waals surface area contributed by atoms with E-state index in [9.17, 15) is 4.79 Å². The lowest BCUT2D eigenvalue weighted by molar-refractivity contribution is 0.0701. The molecule has 2 rings (SSSR count). The largest absolute Gasteiger partial charge is 0.477 e. The maximum atomic E-state index is 10.9. The van der Waals surface area contributed by atoms with Gasteiger partial charge < -0.3 is 10.4 Å². The van der Waals surface area contributed by atoms with Gasteiger partial charge in [-0.2, -0.15) is 0 Å². The quantitative estimate of drug-likeness (QED) is 0.847. The van der Waals surface area contributed by atoms with E-state index in [0.717, 1.165) is 17.6 Å². The molecule has 4 nitrogen and oxygen atoms in total. The van der Waals surface area contributed by atoms with Crippen molar-refractivity contribution in [3.63, 3.8) is 0 Å². The monoisotopic (exact) mass is 254 g/mol. The van der Waals surface area contributed by atoms with Gasteiger partial charge in [0.25, 0.3) is 0 Å². The Labute approximate surface area is 105 Å². The first-order valence-corrected chi connectivity index (χ1v) is 6.93. The van der Waals surface area contributed by atoms with Crippen molar-refractivity contribution in [1.82, 2.24) is 4.98 Å². The number of carboxylic acids is 1. The van der Waals surface area contributed by atoms with Crippen LogP contribution in [-0.4, -0.2) is 22.6 Å². The van der Waals surface area contributed by atoms with Crippen LogP contribution in [0.15, 0.2) is 0 Å². The number of aryl methyl sites for hydroxylation is 1. The van der Waals surface area contributed by atoms with E-state index < -0.39 is 5.97 Å². The van der Waals surface area contributed by atoms with Crippen molar-refractivity contribution in [3.05, 3.63) is 10.6 Å². The predicted molar refractivity (Wildman–Crippen MR) is 68.9 cm³/mol. The number of anilines is 1. The lowest BCUT2D eigenvalue weighted by Gasteiger charge is -2.08. The minimum absolute atomic E-state index is 0.341. The van der Waals surface area contributed by atoms with E-state index in [2.05, 4.69) is 10.3 Å². The van der Waals surface area contributed by atoms with Crippen molar-refractivity contribution >= 4 is 22.4 Å². The number of nitrogens with zero attached hydrogens (tertiary/aromatic N) is 1. The molecule has 1 saturated carbocycles. The van der Waals surface area contributed by atoms with Gasteiger partial charge in [-0.1, -0.05) is 37.0 Å². The Balaban J connectivity index is 1.82. The number of nitrogens with one attached hydrogen (secondary N) is 1. The smallest absolute Gasteiger partial charge is 0.347 e. The van der Waals surface area contributed by atoms with Crippen LogP contribution in [0.25, 0.3) is 0 Å². The third-order valence-corrected chi connectivity index (χ3v) is 4.40. The average molecular weight is 254 g/mol. The zero-order valence-corrected chi connectivity index (χ0v) is 10.8. The zero-order chi connectivity index (χ0) is 12.3. The highest BCUT2D eigenvalue weighted by atomic mass is 32.1. The molecule has 0 radical (unpaired) electrons. The van der Waals surface area contributed by atoms with Crippen LogP contribution in [0, 0.1) is 12.8 Å². The van der Waals surface area contributed by atoms with Gasteiger partial charge in [0.2, 0.25) is 0 Å². The molecule has 0 aliphatic heterocycles. The molecule has 1 heterocycles. The second kappa shape index (κ2) is 5.49. The van der Waals surface area contributed by atoms with Gasteiger partial charge in [0, 0.05) is 6.54 Å². The molecular formula is C12H18N2O2S. The van der Waals surface area contributed by atoms with Crippen LogP contribution in [0.2, 0.25) is 0 Å². The number of carboxylic acid groups (broad SMARTS) is 1. The number of aromatic nitrogens is 1. The molecule has 94 valence electrons. The number of carbonyl (C=O) groups is 1. The molecule has 0 saturated heterocycles. The number of hydrogen-bond acceptors (Lipinski definition) is 4. The van der Waals surface area contributed by atoms with Crippen molar-refractivity contribution < 1.29 is 9.90 Å². The van der Waals surface area contributed by atoms with Crippen molar-refractivity contribution in [3.8, 4) is 0 Å². The molecule has 0 spiro atoms. The van der Waals surface area contributed by atoms with Crippen molar-refractivity contribution in [1.29, 1.82) is 0 Å². The molecule has 0 amide bonds. The minimum Gasteiger partial charge on any atom is -0.477 e. The summed E-state index contributed by atoms with van der Waals surface area (Å²) in [5.41, 5.74) is 0.603. The van der Waals surface area contributed by atoms with Crippen LogP contribution in [-0.2, 0) is 0 Å². The Morgan fingerprint density at radius 1 is 1.53 bits per heavy atom. The fraction of sp³-hybridized carbons (Fsp3) is 0.667. The van der Waals surface area contributed by atoms with Crippen LogP contribution in [0.3, 0.4) is 0 Å². The molecule has 1 aliphatic carbocycles. The SMILES string of the molecule is Cc1nc(NCCC2CCCC2)sc1C(=O)O. The summed E-state index contributed by atoms with van der Waals surface area (Å²) in [4.78, 5) is 15.4. The maximum Gasteiger partial charge on any atom is 0.347 e. The summed E-state index contributed by atoms with van der Waals surface area (Å²) in [7, 11) is 0. The molecule has 1 aromatic rings. The van der Waals surface area contributed by atoms with Crippen LogP contribution in [0.1, 0.15) is 47.5 Å². The number of thiazole rings is 1. The zero-order valence-electron chi connectivity index (χ0n) is 10.0. The predicted octanol–water partition coefficient (Wildman–Crippen LogP) is 3.14. The van der Waals surface area contributed by atoms with Gasteiger partial charge in [0.15, 0.2) is 5.13 Å². The van der Waals surface area contributed by atoms with Crippen LogP contribution in [0.4, 0.5) is 5.13 Å². The first-order chi connectivity index (χ1) is 8.16. The van der Waals surface area contributed by atoms with Crippen molar-refractivity contribution in [2.24, 2.45) is 5.92 Å². The summed E-state index contributed by atoms with van der Waals surface area (Å²) < 4.78 is 0. The Bertz CT molecular complexity index is 397. The highest BCUT2D eigenvalue weighted by Gasteiger charge is 2.16. The fourth-order valence-electron chi connectivity index (χ4n) is 2.35. The van der Waals surface area contributed by atoms with Crippen molar-refractivity contribution in [2.75, 3.05) is 11.9 Å². The first-order valence-electron chi connectivity index (χ1n) is 6.11. The Morgan fingerprint density at radius 2 is 2.24 bits per heavy atom. The lowest BCUT2D eigenvalue weighted by atomic mass is 10.0. The molecule has 0 bridgehead atoms. The van der Waals surface area contributed by atoms with Crippen LogP contribution < -0.4 is 5.32 Å². The molecule has 0 unspecified atom stereocenters. The third-order valence-electron chi connectivity index (χ3n) is 3.29. The van der Waals surface area contributed by atoms with Gasteiger partial charge in [-0.15, -0.1) is 0 Å². The summed E-state index contributed by atoms with van der Waals surface area (Å²) in [6.45, 7) is 2.64. The minimum atomic E-state index is -0.885. The first kappa shape index (κ1) is 12.4. The Morgan fingerprint density at radius 3 is 2.82 bits per heavy atom. The standard InChI is InChI=1S/C12H18N2O2S/c1-8-10(11(15)16)17-12(14-8)13-7-6-9-4-2-3-5-9/h9H,2-7H2,1H3,(H,13,14)(H,15,16). The molecule has 1 fully saturated rings. The fourth-order valence-corrected chi connectivity index (χ4v) is 3.18. The number of aromatic carboxylic acids is 1. The topological polar surface area (TPSA) is 62.2 Å². The van der Waals surface area contributed by atoms with Gasteiger partial charge in [-0.25, -0.2) is 9.78 Å². The van der Waals surface area contributed by atoms with E-state index in [0.29, 0.717) is 10.6 Å². The number of rotatable bonds is 5. The summed E-state index contributed by atoms with van der Waals surface area (Å²) in [5.74, 6) is -0.0358. The molecule has 1 aromatic heterocycles. The van der Waals surface area contributed by atoms with Crippen LogP contribution in [0.5, 0.6) is 0 Å². The van der Waals surface area contributed by atoms with E-state index in [1.165, 1.54) is 43.4 Å². The van der Waals surface area contributed by atoms with Crippen molar-refractivity contribution in [2.45, 2.75) is 39.0 Å². The summed E-state index contributed by atoms with van der Waals surface area (Å²) in [6, 6.07) is 0. The second-order valence-corrected chi connectivity index (χ2v) is 5.60. The molecule has 0 aromatic carbocycles. The van der Waals surface area contributed by atoms with E-state index in [1.54, 1.807) is 6.92 Å². The second-order valence-electron chi connectivity index (χ2n) is 4.60. The van der Waals surface area contributed by atoms with Gasteiger partial charge in [0.1, 0.15) is 4.88 Å².